The zero-order valence-electron chi connectivity index (χ0n) is 16.5. The molecule has 0 spiro atoms. The Morgan fingerprint density at radius 1 is 1.04 bits per heavy atom. The molecule has 0 radical (unpaired) electrons. The summed E-state index contributed by atoms with van der Waals surface area (Å²) >= 11 is 0. The SMILES string of the molecule is COc1cc(/C=N/NC(=O)c2ccc(N(C)C)cc2)cc(OC)c1OC(C)=O. The fourth-order valence-corrected chi connectivity index (χ4v) is 2.36. The molecular weight excluding hydrogens is 362 g/mol. The van der Waals surface area contributed by atoms with Gasteiger partial charge >= 0.3 is 5.97 Å². The maximum Gasteiger partial charge on any atom is 0.308 e. The number of carbonyl (C=O) groups is 2. The number of rotatable bonds is 7. The zero-order valence-corrected chi connectivity index (χ0v) is 16.5. The number of anilines is 1. The van der Waals surface area contributed by atoms with Gasteiger partial charge in [-0.25, -0.2) is 5.43 Å². The first-order valence-corrected chi connectivity index (χ1v) is 8.41. The van der Waals surface area contributed by atoms with Crippen LogP contribution in [-0.4, -0.2) is 46.4 Å². The second-order valence-corrected chi connectivity index (χ2v) is 5.99. The van der Waals surface area contributed by atoms with E-state index in [1.165, 1.54) is 27.4 Å². The summed E-state index contributed by atoms with van der Waals surface area (Å²) in [6, 6.07) is 10.4. The van der Waals surface area contributed by atoms with Gasteiger partial charge < -0.3 is 19.1 Å². The van der Waals surface area contributed by atoms with Crippen LogP contribution in [0.15, 0.2) is 41.5 Å². The van der Waals surface area contributed by atoms with Crippen molar-refractivity contribution >= 4 is 23.8 Å². The molecule has 1 amide bonds. The Kier molecular flexibility index (Phi) is 6.97. The summed E-state index contributed by atoms with van der Waals surface area (Å²) in [5.74, 6) is -0.0366. The van der Waals surface area contributed by atoms with Crippen LogP contribution < -0.4 is 24.5 Å². The molecule has 0 heterocycles. The van der Waals surface area contributed by atoms with Gasteiger partial charge in [-0.3, -0.25) is 9.59 Å². The topological polar surface area (TPSA) is 89.5 Å². The lowest BCUT2D eigenvalue weighted by molar-refractivity contribution is -0.132. The third kappa shape index (κ3) is 5.23. The summed E-state index contributed by atoms with van der Waals surface area (Å²) in [7, 11) is 6.74. The molecule has 0 atom stereocenters. The van der Waals surface area contributed by atoms with Crippen LogP contribution in [0.1, 0.15) is 22.8 Å². The molecule has 2 aromatic rings. The third-order valence-electron chi connectivity index (χ3n) is 3.75. The van der Waals surface area contributed by atoms with Crippen LogP contribution in [0, 0.1) is 0 Å². The number of benzene rings is 2. The largest absolute Gasteiger partial charge is 0.493 e. The Labute approximate surface area is 163 Å². The Bertz CT molecular complexity index is 851. The maximum atomic E-state index is 12.2. The average molecular weight is 385 g/mol. The average Bonchev–Trinajstić information content (AvgIpc) is 2.68. The minimum absolute atomic E-state index is 0.180. The van der Waals surface area contributed by atoms with Crippen LogP contribution in [0.5, 0.6) is 17.2 Å². The molecule has 0 aliphatic rings. The number of nitrogens with one attached hydrogen (secondary N) is 1. The summed E-state index contributed by atoms with van der Waals surface area (Å²) in [5.41, 5.74) is 4.54. The van der Waals surface area contributed by atoms with Gasteiger partial charge in [0.25, 0.3) is 5.91 Å². The molecule has 0 saturated heterocycles. The molecule has 0 aromatic heterocycles. The number of ether oxygens (including phenoxy) is 3. The number of nitrogens with zero attached hydrogens (tertiary/aromatic N) is 2. The first kappa shape index (κ1) is 20.8. The van der Waals surface area contributed by atoms with E-state index in [1.54, 1.807) is 24.3 Å². The molecule has 2 aromatic carbocycles. The smallest absolute Gasteiger partial charge is 0.308 e. The number of hydrogen-bond donors (Lipinski definition) is 1. The highest BCUT2D eigenvalue weighted by Crippen LogP contribution is 2.38. The standard InChI is InChI=1S/C20H23N3O5/c1-13(24)28-19-17(26-4)10-14(11-18(19)27-5)12-21-22-20(25)15-6-8-16(9-7-15)23(2)3/h6-12H,1-5H3,(H,22,25)/b21-12+. The molecule has 8 heteroatoms. The second kappa shape index (κ2) is 9.40. The van der Waals surface area contributed by atoms with Crippen molar-refractivity contribution in [2.45, 2.75) is 6.92 Å². The van der Waals surface area contributed by atoms with Crippen molar-refractivity contribution in [1.29, 1.82) is 0 Å². The fraction of sp³-hybridized carbons (Fsp3) is 0.250. The summed E-state index contributed by atoms with van der Waals surface area (Å²) in [5, 5.41) is 3.96. The Balaban J connectivity index is 2.14. The van der Waals surface area contributed by atoms with Crippen molar-refractivity contribution in [1.82, 2.24) is 5.43 Å². The summed E-state index contributed by atoms with van der Waals surface area (Å²) in [6.07, 6.45) is 1.44. The van der Waals surface area contributed by atoms with E-state index >= 15 is 0 Å². The Morgan fingerprint density at radius 2 is 1.61 bits per heavy atom. The molecule has 148 valence electrons. The third-order valence-corrected chi connectivity index (χ3v) is 3.75. The van der Waals surface area contributed by atoms with Crippen LogP contribution in [0.25, 0.3) is 0 Å². The van der Waals surface area contributed by atoms with E-state index in [4.69, 9.17) is 14.2 Å². The van der Waals surface area contributed by atoms with Crippen LogP contribution in [0.3, 0.4) is 0 Å². The summed E-state index contributed by atoms with van der Waals surface area (Å²) in [4.78, 5) is 25.4. The van der Waals surface area contributed by atoms with E-state index in [1.807, 2.05) is 31.1 Å². The van der Waals surface area contributed by atoms with Crippen LogP contribution in [0.4, 0.5) is 5.69 Å². The number of hydrazone groups is 1. The molecule has 2 rings (SSSR count). The molecule has 28 heavy (non-hydrogen) atoms. The van der Waals surface area contributed by atoms with Crippen molar-refractivity contribution in [3.63, 3.8) is 0 Å². The van der Waals surface area contributed by atoms with E-state index in [9.17, 15) is 9.59 Å². The minimum Gasteiger partial charge on any atom is -0.493 e. The van der Waals surface area contributed by atoms with E-state index in [2.05, 4.69) is 10.5 Å². The zero-order chi connectivity index (χ0) is 20.7. The van der Waals surface area contributed by atoms with Crippen LogP contribution in [-0.2, 0) is 4.79 Å². The van der Waals surface area contributed by atoms with Crippen molar-refractivity contribution in [3.05, 3.63) is 47.5 Å². The molecule has 0 unspecified atom stereocenters. The van der Waals surface area contributed by atoms with Crippen LogP contribution >= 0.6 is 0 Å². The van der Waals surface area contributed by atoms with E-state index in [0.717, 1.165) is 5.69 Å². The van der Waals surface area contributed by atoms with Gasteiger partial charge in [0.05, 0.1) is 20.4 Å². The molecule has 8 nitrogen and oxygen atoms in total. The predicted octanol–water partition coefficient (Wildman–Crippen LogP) is 2.46. The molecular formula is C20H23N3O5. The highest BCUT2D eigenvalue weighted by molar-refractivity contribution is 5.95. The quantitative estimate of drug-likeness (QED) is 0.341. The van der Waals surface area contributed by atoms with Gasteiger partial charge in [0.2, 0.25) is 5.75 Å². The lowest BCUT2D eigenvalue weighted by Crippen LogP contribution is -2.18. The normalized spacial score (nSPS) is 10.5. The summed E-state index contributed by atoms with van der Waals surface area (Å²) < 4.78 is 15.6. The molecule has 0 aliphatic heterocycles. The van der Waals surface area contributed by atoms with Gasteiger partial charge in [0.15, 0.2) is 11.5 Å². The first-order valence-electron chi connectivity index (χ1n) is 8.41. The van der Waals surface area contributed by atoms with Gasteiger partial charge in [0, 0.05) is 37.8 Å². The van der Waals surface area contributed by atoms with Gasteiger partial charge in [0.1, 0.15) is 0 Å². The van der Waals surface area contributed by atoms with Crippen molar-refractivity contribution in [2.75, 3.05) is 33.2 Å². The monoisotopic (exact) mass is 385 g/mol. The summed E-state index contributed by atoms with van der Waals surface area (Å²) in [6.45, 7) is 1.29. The first-order chi connectivity index (χ1) is 13.3. The Morgan fingerprint density at radius 3 is 2.07 bits per heavy atom. The lowest BCUT2D eigenvalue weighted by Gasteiger charge is -2.13. The maximum absolute atomic E-state index is 12.2. The fourth-order valence-electron chi connectivity index (χ4n) is 2.36. The second-order valence-electron chi connectivity index (χ2n) is 5.99. The Hall–Kier alpha value is -3.55. The molecule has 0 saturated carbocycles. The van der Waals surface area contributed by atoms with Gasteiger partial charge in [-0.15, -0.1) is 0 Å². The molecule has 1 N–H and O–H groups in total. The highest BCUT2D eigenvalue weighted by Gasteiger charge is 2.15. The predicted molar refractivity (Wildman–Crippen MR) is 107 cm³/mol. The number of esters is 1. The molecule has 0 bridgehead atoms. The lowest BCUT2D eigenvalue weighted by atomic mass is 10.2. The van der Waals surface area contributed by atoms with Gasteiger partial charge in [-0.1, -0.05) is 0 Å². The van der Waals surface area contributed by atoms with E-state index in [0.29, 0.717) is 22.6 Å². The number of methoxy groups -OCH3 is 2. The molecule has 0 fully saturated rings. The van der Waals surface area contributed by atoms with Gasteiger partial charge in [-0.05, 0) is 36.4 Å². The van der Waals surface area contributed by atoms with Crippen LogP contribution in [0.2, 0.25) is 0 Å². The van der Waals surface area contributed by atoms with Gasteiger partial charge in [-0.2, -0.15) is 5.10 Å². The number of hydrogen-bond acceptors (Lipinski definition) is 7. The highest BCUT2D eigenvalue weighted by atomic mass is 16.6. The minimum atomic E-state index is -0.495. The van der Waals surface area contributed by atoms with Crippen molar-refractivity contribution in [3.8, 4) is 17.2 Å². The van der Waals surface area contributed by atoms with Crippen molar-refractivity contribution < 1.29 is 23.8 Å². The van der Waals surface area contributed by atoms with E-state index in [-0.39, 0.29) is 11.7 Å². The molecule has 0 aliphatic carbocycles. The number of carbonyl (C=O) groups excluding carboxylic acids is 2. The number of amides is 1. The van der Waals surface area contributed by atoms with Crippen molar-refractivity contribution in [2.24, 2.45) is 5.10 Å². The van der Waals surface area contributed by atoms with E-state index < -0.39 is 5.97 Å².